The minimum Gasteiger partial charge on any atom is -0.462 e. The molecule has 3 heterocycles. The molecule has 182 valence electrons. The number of hydrogen-bond acceptors (Lipinski definition) is 8. The number of nitrogens with zero attached hydrogens (tertiary/aromatic N) is 3. The smallest absolute Gasteiger partial charge is 0.338 e. The van der Waals surface area contributed by atoms with Crippen molar-refractivity contribution in [3.05, 3.63) is 70.4 Å². The summed E-state index contributed by atoms with van der Waals surface area (Å²) in [7, 11) is -3.50. The maximum Gasteiger partial charge on any atom is 0.338 e. The van der Waals surface area contributed by atoms with Crippen LogP contribution >= 0.6 is 11.6 Å². The van der Waals surface area contributed by atoms with Crippen molar-refractivity contribution in [3.8, 4) is 0 Å². The zero-order valence-electron chi connectivity index (χ0n) is 19.2. The van der Waals surface area contributed by atoms with Gasteiger partial charge in [0, 0.05) is 29.7 Å². The lowest BCUT2D eigenvalue weighted by Crippen LogP contribution is -2.46. The molecular weight excluding hydrogens is 488 g/mol. The lowest BCUT2D eigenvalue weighted by atomic mass is 9.92. The first kappa shape index (κ1) is 23.6. The second-order valence-corrected chi connectivity index (χ2v) is 11.1. The third-order valence-corrected chi connectivity index (χ3v) is 8.36. The number of anilines is 3. The summed E-state index contributed by atoms with van der Waals surface area (Å²) >= 11 is 6.01. The minimum atomic E-state index is -3.50. The fourth-order valence-corrected chi connectivity index (χ4v) is 6.12. The molecule has 0 saturated carbocycles. The highest BCUT2D eigenvalue weighted by Crippen LogP contribution is 2.36. The predicted octanol–water partition coefficient (Wildman–Crippen LogP) is 4.37. The van der Waals surface area contributed by atoms with Crippen molar-refractivity contribution in [3.63, 3.8) is 0 Å². The summed E-state index contributed by atoms with van der Waals surface area (Å²) < 4.78 is 30.9. The van der Waals surface area contributed by atoms with Crippen molar-refractivity contribution in [1.82, 2.24) is 9.97 Å². The standard InChI is InChI=1S/C25H25ClN4O4S/c1-2-34-24(31)17-7-11-20(12-8-17)27-23-22-21(4-3-13-35(22,32)33)28-25(29-23)30-14-18(15-30)16-5-9-19(26)10-6-16/h5-12,18H,2-4,13-15H2,1H3,(H,27,28,29). The number of aryl methyl sites for hydroxylation is 1. The number of rotatable bonds is 6. The van der Waals surface area contributed by atoms with Gasteiger partial charge >= 0.3 is 5.97 Å². The van der Waals surface area contributed by atoms with E-state index in [1.807, 2.05) is 24.3 Å². The molecule has 0 spiro atoms. The number of fused-ring (bicyclic) bond motifs is 1. The number of sulfone groups is 1. The number of benzene rings is 2. The first-order chi connectivity index (χ1) is 16.8. The Kier molecular flexibility index (Phi) is 6.37. The molecule has 2 aliphatic heterocycles. The summed E-state index contributed by atoms with van der Waals surface area (Å²) in [6.07, 6.45) is 1.11. The molecule has 0 unspecified atom stereocenters. The molecule has 1 saturated heterocycles. The van der Waals surface area contributed by atoms with Crippen molar-refractivity contribution >= 4 is 44.9 Å². The Balaban J connectivity index is 1.42. The van der Waals surface area contributed by atoms with Crippen LogP contribution in [-0.4, -0.2) is 49.8 Å². The summed E-state index contributed by atoms with van der Waals surface area (Å²) in [5.74, 6) is 0.778. The first-order valence-corrected chi connectivity index (χ1v) is 13.6. The maximum atomic E-state index is 12.9. The molecule has 35 heavy (non-hydrogen) atoms. The number of halogens is 1. The number of carbonyl (C=O) groups excluding carboxylic acids is 1. The third-order valence-electron chi connectivity index (χ3n) is 6.23. The van der Waals surface area contributed by atoms with E-state index in [1.165, 1.54) is 5.56 Å². The number of esters is 1. The van der Waals surface area contributed by atoms with Gasteiger partial charge in [-0.05, 0) is 61.7 Å². The van der Waals surface area contributed by atoms with Crippen molar-refractivity contribution in [2.75, 3.05) is 35.7 Å². The van der Waals surface area contributed by atoms with Crippen molar-refractivity contribution in [2.45, 2.75) is 30.6 Å². The topological polar surface area (TPSA) is 101 Å². The fourth-order valence-electron chi connectivity index (χ4n) is 4.37. The van der Waals surface area contributed by atoms with E-state index >= 15 is 0 Å². The van der Waals surface area contributed by atoms with Crippen LogP contribution in [0.1, 0.15) is 40.9 Å². The zero-order valence-corrected chi connectivity index (χ0v) is 20.8. The van der Waals surface area contributed by atoms with Gasteiger partial charge in [0.1, 0.15) is 4.90 Å². The van der Waals surface area contributed by atoms with Gasteiger partial charge in [-0.3, -0.25) is 0 Å². The molecular formula is C25H25ClN4O4S. The SMILES string of the molecule is CCOC(=O)c1ccc(Nc2nc(N3CC(c4ccc(Cl)cc4)C3)nc3c2S(=O)(=O)CCC3)cc1. The number of hydrogen-bond donors (Lipinski definition) is 1. The minimum absolute atomic E-state index is 0.0710. The molecule has 1 N–H and O–H groups in total. The second-order valence-electron chi connectivity index (χ2n) is 8.65. The van der Waals surface area contributed by atoms with Gasteiger partial charge in [0.2, 0.25) is 5.95 Å². The largest absolute Gasteiger partial charge is 0.462 e. The van der Waals surface area contributed by atoms with Crippen LogP contribution in [0.5, 0.6) is 0 Å². The number of nitrogens with one attached hydrogen (secondary N) is 1. The first-order valence-electron chi connectivity index (χ1n) is 11.5. The van der Waals surface area contributed by atoms with Crippen LogP contribution in [0.2, 0.25) is 5.02 Å². The number of ether oxygens (including phenoxy) is 1. The number of aromatic nitrogens is 2. The molecule has 8 nitrogen and oxygen atoms in total. The molecule has 1 aromatic heterocycles. The van der Waals surface area contributed by atoms with Gasteiger partial charge in [0.15, 0.2) is 15.7 Å². The molecule has 0 amide bonds. The normalized spacial score (nSPS) is 16.8. The molecule has 5 rings (SSSR count). The Morgan fingerprint density at radius 1 is 1.11 bits per heavy atom. The van der Waals surface area contributed by atoms with E-state index in [0.717, 1.165) is 13.1 Å². The average molecular weight is 513 g/mol. The van der Waals surface area contributed by atoms with E-state index in [-0.39, 0.29) is 16.5 Å². The van der Waals surface area contributed by atoms with Gasteiger partial charge in [-0.25, -0.2) is 18.2 Å². The summed E-state index contributed by atoms with van der Waals surface area (Å²) in [6, 6.07) is 14.5. The second kappa shape index (κ2) is 9.47. The van der Waals surface area contributed by atoms with Crippen LogP contribution in [0.25, 0.3) is 0 Å². The Morgan fingerprint density at radius 2 is 1.83 bits per heavy atom. The van der Waals surface area contributed by atoms with E-state index in [0.29, 0.717) is 53.3 Å². The Bertz CT molecular complexity index is 1360. The summed E-state index contributed by atoms with van der Waals surface area (Å²) in [5, 5.41) is 3.86. The molecule has 0 aliphatic carbocycles. The van der Waals surface area contributed by atoms with Crippen LogP contribution in [0.3, 0.4) is 0 Å². The van der Waals surface area contributed by atoms with Gasteiger partial charge in [-0.2, -0.15) is 4.98 Å². The van der Waals surface area contributed by atoms with E-state index in [9.17, 15) is 13.2 Å². The van der Waals surface area contributed by atoms with Gasteiger partial charge in [0.05, 0.1) is 23.6 Å². The van der Waals surface area contributed by atoms with Crippen LogP contribution in [0.4, 0.5) is 17.5 Å². The third kappa shape index (κ3) is 4.83. The van der Waals surface area contributed by atoms with Gasteiger partial charge in [-0.15, -0.1) is 0 Å². The van der Waals surface area contributed by atoms with Crippen LogP contribution < -0.4 is 10.2 Å². The molecule has 0 radical (unpaired) electrons. The fraction of sp³-hybridized carbons (Fsp3) is 0.320. The highest BCUT2D eigenvalue weighted by Gasteiger charge is 2.34. The Labute approximate surface area is 209 Å². The molecule has 0 atom stereocenters. The van der Waals surface area contributed by atoms with Crippen LogP contribution in [0, 0.1) is 0 Å². The highest BCUT2D eigenvalue weighted by atomic mass is 35.5. The van der Waals surface area contributed by atoms with Gasteiger partial charge < -0.3 is 15.0 Å². The van der Waals surface area contributed by atoms with E-state index in [1.54, 1.807) is 31.2 Å². The van der Waals surface area contributed by atoms with Crippen LogP contribution in [0.15, 0.2) is 53.4 Å². The molecule has 1 fully saturated rings. The molecule has 2 aromatic carbocycles. The lowest BCUT2D eigenvalue weighted by Gasteiger charge is -2.40. The van der Waals surface area contributed by atoms with E-state index < -0.39 is 15.8 Å². The van der Waals surface area contributed by atoms with E-state index in [2.05, 4.69) is 20.2 Å². The van der Waals surface area contributed by atoms with Crippen LogP contribution in [-0.2, 0) is 21.0 Å². The number of carbonyl (C=O) groups is 1. The van der Waals surface area contributed by atoms with Crippen molar-refractivity contribution in [2.24, 2.45) is 0 Å². The molecule has 2 aliphatic rings. The summed E-state index contributed by atoms with van der Waals surface area (Å²) in [5.41, 5.74) is 2.78. The molecule has 0 bridgehead atoms. The maximum absolute atomic E-state index is 12.9. The van der Waals surface area contributed by atoms with Crippen molar-refractivity contribution in [1.29, 1.82) is 0 Å². The average Bonchev–Trinajstić information content (AvgIpc) is 2.79. The monoisotopic (exact) mass is 512 g/mol. The molecule has 3 aromatic rings. The van der Waals surface area contributed by atoms with Gasteiger partial charge in [0.25, 0.3) is 0 Å². The zero-order chi connectivity index (χ0) is 24.6. The molecule has 10 heteroatoms. The Hall–Kier alpha value is -3.17. The predicted molar refractivity (Wildman–Crippen MR) is 134 cm³/mol. The summed E-state index contributed by atoms with van der Waals surface area (Å²) in [4.78, 5) is 23.4. The van der Waals surface area contributed by atoms with Gasteiger partial charge in [-0.1, -0.05) is 23.7 Å². The highest BCUT2D eigenvalue weighted by molar-refractivity contribution is 7.91. The van der Waals surface area contributed by atoms with Crippen molar-refractivity contribution < 1.29 is 17.9 Å². The lowest BCUT2D eigenvalue weighted by molar-refractivity contribution is 0.0526. The Morgan fingerprint density at radius 3 is 2.51 bits per heavy atom. The van der Waals surface area contributed by atoms with E-state index in [4.69, 9.17) is 16.3 Å². The summed E-state index contributed by atoms with van der Waals surface area (Å²) in [6.45, 7) is 3.52. The quantitative estimate of drug-likeness (QED) is 0.486.